The second kappa shape index (κ2) is 3.76. The highest BCUT2D eigenvalue weighted by molar-refractivity contribution is 5.76. The van der Waals surface area contributed by atoms with E-state index in [1.807, 2.05) is 0 Å². The van der Waals surface area contributed by atoms with Gasteiger partial charge in [0.2, 0.25) is 0 Å². The zero-order chi connectivity index (χ0) is 10.9. The molecule has 0 amide bonds. The average molecular weight is 196 g/mol. The van der Waals surface area contributed by atoms with Crippen LogP contribution in [0.2, 0.25) is 0 Å². The third-order valence-electron chi connectivity index (χ3n) is 2.84. The van der Waals surface area contributed by atoms with Crippen LogP contribution in [0.15, 0.2) is 11.6 Å². The number of carbonyl (C=O) groups is 1. The molecule has 0 saturated carbocycles. The van der Waals surface area contributed by atoms with E-state index in [0.29, 0.717) is 5.92 Å². The summed E-state index contributed by atoms with van der Waals surface area (Å²) in [6.07, 6.45) is 3.12. The number of carbonyl (C=O) groups excluding carboxylic acids is 1. The van der Waals surface area contributed by atoms with Crippen LogP contribution in [0.5, 0.6) is 0 Å². The number of allylic oxidation sites excluding steroid dienone is 1. The highest BCUT2D eigenvalue weighted by atomic mass is 16.5. The Morgan fingerprint density at radius 3 is 2.57 bits per heavy atom. The van der Waals surface area contributed by atoms with Crippen molar-refractivity contribution in [3.8, 4) is 0 Å². The van der Waals surface area contributed by atoms with Crippen LogP contribution < -0.4 is 0 Å². The Balaban J connectivity index is 2.90. The van der Waals surface area contributed by atoms with Gasteiger partial charge in [0.15, 0.2) is 0 Å². The molecule has 14 heavy (non-hydrogen) atoms. The van der Waals surface area contributed by atoms with Crippen molar-refractivity contribution in [2.45, 2.75) is 34.1 Å². The van der Waals surface area contributed by atoms with Gasteiger partial charge in [0.25, 0.3) is 0 Å². The van der Waals surface area contributed by atoms with E-state index >= 15 is 0 Å². The standard InChI is InChI=1S/C12H20O2/c1-8(2)9-6-12(3,4)7-10(9)11(13)14-5/h6,8,10H,7H2,1-5H3. The Morgan fingerprint density at radius 2 is 2.14 bits per heavy atom. The van der Waals surface area contributed by atoms with Crippen molar-refractivity contribution in [3.05, 3.63) is 11.6 Å². The fraction of sp³-hybridized carbons (Fsp3) is 0.750. The molecule has 0 radical (unpaired) electrons. The van der Waals surface area contributed by atoms with Crippen molar-refractivity contribution >= 4 is 5.97 Å². The third kappa shape index (κ3) is 2.17. The first-order chi connectivity index (χ1) is 6.37. The Bertz CT molecular complexity index is 261. The van der Waals surface area contributed by atoms with E-state index < -0.39 is 0 Å². The van der Waals surface area contributed by atoms with Crippen molar-refractivity contribution in [2.75, 3.05) is 7.11 Å². The van der Waals surface area contributed by atoms with Gasteiger partial charge in [-0.05, 0) is 17.8 Å². The summed E-state index contributed by atoms with van der Waals surface area (Å²) in [5.41, 5.74) is 1.38. The normalized spacial score (nSPS) is 25.0. The van der Waals surface area contributed by atoms with Crippen LogP contribution >= 0.6 is 0 Å². The van der Waals surface area contributed by atoms with Crippen LogP contribution in [0.25, 0.3) is 0 Å². The first kappa shape index (κ1) is 11.3. The lowest BCUT2D eigenvalue weighted by molar-refractivity contribution is -0.144. The number of methoxy groups -OCH3 is 1. The van der Waals surface area contributed by atoms with Gasteiger partial charge in [0.1, 0.15) is 0 Å². The zero-order valence-corrected chi connectivity index (χ0v) is 9.76. The highest BCUT2D eigenvalue weighted by Gasteiger charge is 2.37. The summed E-state index contributed by atoms with van der Waals surface area (Å²) in [6, 6.07) is 0. The van der Waals surface area contributed by atoms with Gasteiger partial charge in [-0.1, -0.05) is 39.3 Å². The van der Waals surface area contributed by atoms with E-state index in [1.54, 1.807) is 0 Å². The molecule has 0 spiro atoms. The van der Waals surface area contributed by atoms with E-state index in [-0.39, 0.29) is 17.3 Å². The molecule has 1 rings (SSSR count). The molecular formula is C12H20O2. The summed E-state index contributed by atoms with van der Waals surface area (Å²) in [5, 5.41) is 0. The fourth-order valence-corrected chi connectivity index (χ4v) is 2.19. The van der Waals surface area contributed by atoms with Crippen molar-refractivity contribution in [1.82, 2.24) is 0 Å². The van der Waals surface area contributed by atoms with Crippen LogP contribution in [-0.4, -0.2) is 13.1 Å². The van der Waals surface area contributed by atoms with Gasteiger partial charge in [0, 0.05) is 0 Å². The lowest BCUT2D eigenvalue weighted by atomic mass is 9.89. The predicted molar refractivity (Wildman–Crippen MR) is 56.8 cm³/mol. The van der Waals surface area contributed by atoms with Gasteiger partial charge >= 0.3 is 5.97 Å². The van der Waals surface area contributed by atoms with Gasteiger partial charge < -0.3 is 4.74 Å². The molecule has 2 heteroatoms. The molecule has 0 fully saturated rings. The first-order valence-corrected chi connectivity index (χ1v) is 5.18. The second-order valence-electron chi connectivity index (χ2n) is 5.07. The number of hydrogen-bond acceptors (Lipinski definition) is 2. The minimum atomic E-state index is -0.0875. The van der Waals surface area contributed by atoms with Gasteiger partial charge in [0.05, 0.1) is 13.0 Å². The van der Waals surface area contributed by atoms with Crippen LogP contribution in [0.4, 0.5) is 0 Å². The molecule has 80 valence electrons. The quantitative estimate of drug-likeness (QED) is 0.501. The Hall–Kier alpha value is -0.790. The molecule has 0 aliphatic heterocycles. The average Bonchev–Trinajstić information content (AvgIpc) is 2.40. The maximum absolute atomic E-state index is 11.6. The molecule has 0 aromatic rings. The smallest absolute Gasteiger partial charge is 0.312 e. The molecule has 0 bridgehead atoms. The maximum Gasteiger partial charge on any atom is 0.312 e. The summed E-state index contributed by atoms with van der Waals surface area (Å²) in [4.78, 5) is 11.6. The molecule has 0 aromatic heterocycles. The summed E-state index contributed by atoms with van der Waals surface area (Å²) in [5.74, 6) is 0.325. The van der Waals surface area contributed by atoms with Crippen molar-refractivity contribution in [3.63, 3.8) is 0 Å². The minimum absolute atomic E-state index is 0.0185. The molecule has 1 aliphatic carbocycles. The number of rotatable bonds is 2. The van der Waals surface area contributed by atoms with Gasteiger partial charge in [-0.2, -0.15) is 0 Å². The topological polar surface area (TPSA) is 26.3 Å². The van der Waals surface area contributed by atoms with E-state index in [4.69, 9.17) is 4.74 Å². The minimum Gasteiger partial charge on any atom is -0.469 e. The predicted octanol–water partition coefficient (Wildman–Crippen LogP) is 2.79. The largest absolute Gasteiger partial charge is 0.469 e. The molecule has 1 aliphatic rings. The molecule has 2 nitrogen and oxygen atoms in total. The fourth-order valence-electron chi connectivity index (χ4n) is 2.19. The van der Waals surface area contributed by atoms with Crippen molar-refractivity contribution in [2.24, 2.45) is 17.3 Å². The SMILES string of the molecule is COC(=O)C1CC(C)(C)C=C1C(C)C. The molecule has 0 heterocycles. The molecule has 0 N–H and O–H groups in total. The second-order valence-corrected chi connectivity index (χ2v) is 5.07. The Morgan fingerprint density at radius 1 is 1.57 bits per heavy atom. The lowest BCUT2D eigenvalue weighted by Crippen LogP contribution is -2.19. The number of ether oxygens (including phenoxy) is 1. The van der Waals surface area contributed by atoms with Gasteiger partial charge in [-0.15, -0.1) is 0 Å². The zero-order valence-electron chi connectivity index (χ0n) is 9.76. The monoisotopic (exact) mass is 196 g/mol. The summed E-state index contributed by atoms with van der Waals surface area (Å²) >= 11 is 0. The van der Waals surface area contributed by atoms with Gasteiger partial charge in [-0.25, -0.2) is 0 Å². The van der Waals surface area contributed by atoms with Crippen LogP contribution in [0.3, 0.4) is 0 Å². The molecule has 0 aromatic carbocycles. The van der Waals surface area contributed by atoms with Gasteiger partial charge in [-0.3, -0.25) is 4.79 Å². The molecule has 1 atom stereocenters. The third-order valence-corrected chi connectivity index (χ3v) is 2.84. The van der Waals surface area contributed by atoms with E-state index in [2.05, 4.69) is 33.8 Å². The number of esters is 1. The van der Waals surface area contributed by atoms with E-state index in [9.17, 15) is 4.79 Å². The highest BCUT2D eigenvalue weighted by Crippen LogP contribution is 2.42. The Labute approximate surface area is 86.3 Å². The van der Waals surface area contributed by atoms with Crippen LogP contribution in [0, 0.1) is 17.3 Å². The van der Waals surface area contributed by atoms with E-state index in [1.165, 1.54) is 12.7 Å². The van der Waals surface area contributed by atoms with Crippen molar-refractivity contribution in [1.29, 1.82) is 0 Å². The van der Waals surface area contributed by atoms with Crippen LogP contribution in [-0.2, 0) is 9.53 Å². The maximum atomic E-state index is 11.6. The van der Waals surface area contributed by atoms with Crippen LogP contribution in [0.1, 0.15) is 34.1 Å². The summed E-state index contributed by atoms with van der Waals surface area (Å²) in [6.45, 7) is 8.59. The molecule has 0 saturated heterocycles. The Kier molecular flexibility index (Phi) is 3.03. The van der Waals surface area contributed by atoms with Crippen molar-refractivity contribution < 1.29 is 9.53 Å². The first-order valence-electron chi connectivity index (χ1n) is 5.18. The molecular weight excluding hydrogens is 176 g/mol. The lowest BCUT2D eigenvalue weighted by Gasteiger charge is -2.17. The summed E-state index contributed by atoms with van der Waals surface area (Å²) in [7, 11) is 1.46. The number of hydrogen-bond donors (Lipinski definition) is 0. The summed E-state index contributed by atoms with van der Waals surface area (Å²) < 4.78 is 4.83. The molecule has 1 unspecified atom stereocenters. The van der Waals surface area contributed by atoms with E-state index in [0.717, 1.165) is 6.42 Å².